The van der Waals surface area contributed by atoms with Crippen molar-refractivity contribution in [3.05, 3.63) is 69.3 Å². The first-order chi connectivity index (χ1) is 15.0. The van der Waals surface area contributed by atoms with Crippen LogP contribution in [-0.2, 0) is 17.9 Å². The summed E-state index contributed by atoms with van der Waals surface area (Å²) in [6, 6.07) is 12.4. The molecule has 31 heavy (non-hydrogen) atoms. The molecule has 4 atom stereocenters. The highest BCUT2D eigenvalue weighted by Crippen LogP contribution is 2.60. The van der Waals surface area contributed by atoms with Gasteiger partial charge in [-0.3, -0.25) is 10.1 Å². The summed E-state index contributed by atoms with van der Waals surface area (Å²) in [6.45, 7) is 2.69. The van der Waals surface area contributed by atoms with Crippen molar-refractivity contribution in [1.82, 2.24) is 0 Å². The zero-order valence-electron chi connectivity index (χ0n) is 17.8. The Morgan fingerprint density at radius 3 is 2.74 bits per heavy atom. The van der Waals surface area contributed by atoms with Crippen LogP contribution in [0.5, 0.6) is 5.75 Å². The van der Waals surface area contributed by atoms with Crippen molar-refractivity contribution in [2.45, 2.75) is 58.0 Å². The third kappa shape index (κ3) is 3.48. The van der Waals surface area contributed by atoms with Gasteiger partial charge in [-0.2, -0.15) is 0 Å². The number of fused-ring (bicyclic) bond motifs is 5. The first-order valence-electron chi connectivity index (χ1n) is 11.2. The molecule has 0 bridgehead atoms. The van der Waals surface area contributed by atoms with Crippen LogP contribution in [0.3, 0.4) is 0 Å². The van der Waals surface area contributed by atoms with E-state index in [2.05, 4.69) is 18.1 Å². The van der Waals surface area contributed by atoms with E-state index in [1.807, 2.05) is 12.1 Å². The Bertz CT molecular complexity index is 1030. The third-order valence-corrected chi connectivity index (χ3v) is 8.00. The number of aryl methyl sites for hydroxylation is 1. The average Bonchev–Trinajstić information content (AvgIpc) is 3.10. The van der Waals surface area contributed by atoms with Gasteiger partial charge in [0.05, 0.1) is 10.6 Å². The van der Waals surface area contributed by atoms with Gasteiger partial charge in [-0.15, -0.1) is 0 Å². The van der Waals surface area contributed by atoms with Gasteiger partial charge in [0.25, 0.3) is 5.69 Å². The number of non-ortho nitro benzene ring substituents is 1. The molecule has 6 heteroatoms. The molecule has 5 rings (SSSR count). The molecule has 1 N–H and O–H groups in total. The zero-order valence-corrected chi connectivity index (χ0v) is 17.8. The van der Waals surface area contributed by atoms with E-state index in [9.17, 15) is 15.2 Å². The number of benzene rings is 2. The molecule has 2 fully saturated rings. The van der Waals surface area contributed by atoms with Crippen LogP contribution in [0, 0.1) is 27.4 Å². The molecule has 2 aromatic carbocycles. The SMILES string of the molecule is C[C@]12CC[C@@H]3c4ccc(O)cc4CC[C@H]3[C@@H]1CC/C2=N\OCc1ccc([N+](=O)[O-])cc1. The number of rotatable bonds is 4. The Labute approximate surface area is 182 Å². The first kappa shape index (κ1) is 20.0. The van der Waals surface area contributed by atoms with Gasteiger partial charge in [-0.05, 0) is 97.2 Å². The molecule has 0 amide bonds. The molecule has 0 saturated heterocycles. The Balaban J connectivity index is 1.29. The Morgan fingerprint density at radius 1 is 1.16 bits per heavy atom. The number of hydrogen-bond acceptors (Lipinski definition) is 5. The van der Waals surface area contributed by atoms with E-state index in [0.717, 1.165) is 37.7 Å². The quantitative estimate of drug-likeness (QED) is 0.506. The monoisotopic (exact) mass is 420 g/mol. The molecule has 6 nitrogen and oxygen atoms in total. The highest BCUT2D eigenvalue weighted by atomic mass is 16.6. The average molecular weight is 421 g/mol. The lowest BCUT2D eigenvalue weighted by atomic mass is 9.55. The van der Waals surface area contributed by atoms with Gasteiger partial charge in [0, 0.05) is 17.5 Å². The minimum absolute atomic E-state index is 0.0854. The van der Waals surface area contributed by atoms with E-state index >= 15 is 0 Å². The van der Waals surface area contributed by atoms with Crippen molar-refractivity contribution in [3.63, 3.8) is 0 Å². The number of phenolic OH excluding ortho intramolecular Hbond substituents is 1. The van der Waals surface area contributed by atoms with E-state index in [0.29, 0.717) is 30.1 Å². The van der Waals surface area contributed by atoms with E-state index in [-0.39, 0.29) is 11.1 Å². The van der Waals surface area contributed by atoms with Gasteiger partial charge in [-0.25, -0.2) is 0 Å². The molecule has 0 aliphatic heterocycles. The summed E-state index contributed by atoms with van der Waals surface area (Å²) < 4.78 is 0. The van der Waals surface area contributed by atoms with Crippen molar-refractivity contribution in [2.24, 2.45) is 22.4 Å². The summed E-state index contributed by atoms with van der Waals surface area (Å²) in [6.07, 6.45) is 6.62. The summed E-state index contributed by atoms with van der Waals surface area (Å²) in [4.78, 5) is 16.1. The standard InChI is InChI=1S/C25H28N2O4/c1-25-13-12-21-20-9-7-19(28)14-17(20)4-8-22(21)23(25)10-11-24(25)26-31-15-16-2-5-18(6-3-16)27(29)30/h2-3,5-7,9,14,21-23,28H,4,8,10-13,15H2,1H3/b26-24+/t21-,22-,23+,25+/m1/s1. The predicted octanol–water partition coefficient (Wildman–Crippen LogP) is 5.73. The second-order valence-electron chi connectivity index (χ2n) is 9.53. The van der Waals surface area contributed by atoms with Gasteiger partial charge in [-0.1, -0.05) is 18.1 Å². The lowest BCUT2D eigenvalue weighted by Crippen LogP contribution is -2.42. The topological polar surface area (TPSA) is 85.0 Å². The molecule has 0 aromatic heterocycles. The Kier molecular flexibility index (Phi) is 4.95. The van der Waals surface area contributed by atoms with Crippen LogP contribution in [0.15, 0.2) is 47.6 Å². The summed E-state index contributed by atoms with van der Waals surface area (Å²) in [5.74, 6) is 2.24. The molecular formula is C25H28N2O4. The van der Waals surface area contributed by atoms with E-state index in [1.165, 1.54) is 35.4 Å². The minimum Gasteiger partial charge on any atom is -0.508 e. The molecular weight excluding hydrogens is 392 g/mol. The van der Waals surface area contributed by atoms with Gasteiger partial charge < -0.3 is 9.94 Å². The Morgan fingerprint density at radius 2 is 1.97 bits per heavy atom. The number of aromatic hydroxyl groups is 1. The largest absolute Gasteiger partial charge is 0.508 e. The molecule has 2 saturated carbocycles. The summed E-state index contributed by atoms with van der Waals surface area (Å²) >= 11 is 0. The molecule has 0 spiro atoms. The van der Waals surface area contributed by atoms with E-state index < -0.39 is 4.92 Å². The molecule has 3 aliphatic rings. The number of hydrogen-bond donors (Lipinski definition) is 1. The zero-order chi connectivity index (χ0) is 21.6. The fourth-order valence-corrected chi connectivity index (χ4v) is 6.41. The van der Waals surface area contributed by atoms with Crippen LogP contribution < -0.4 is 0 Å². The summed E-state index contributed by atoms with van der Waals surface area (Å²) in [7, 11) is 0. The third-order valence-electron chi connectivity index (χ3n) is 8.00. The van der Waals surface area contributed by atoms with Crippen molar-refractivity contribution in [1.29, 1.82) is 0 Å². The summed E-state index contributed by atoms with van der Waals surface area (Å²) in [5.41, 5.74) is 4.99. The van der Waals surface area contributed by atoms with Crippen LogP contribution >= 0.6 is 0 Å². The van der Waals surface area contributed by atoms with E-state index in [4.69, 9.17) is 4.84 Å². The normalized spacial score (nSPS) is 30.4. The maximum Gasteiger partial charge on any atom is 0.269 e. The van der Waals surface area contributed by atoms with Crippen LogP contribution in [0.1, 0.15) is 61.6 Å². The fraction of sp³-hybridized carbons (Fsp3) is 0.480. The smallest absolute Gasteiger partial charge is 0.269 e. The molecule has 0 heterocycles. The fourth-order valence-electron chi connectivity index (χ4n) is 6.41. The number of phenols is 1. The second kappa shape index (κ2) is 7.66. The van der Waals surface area contributed by atoms with Crippen LogP contribution in [-0.4, -0.2) is 15.7 Å². The number of oxime groups is 1. The second-order valence-corrected chi connectivity index (χ2v) is 9.53. The minimum atomic E-state index is -0.396. The van der Waals surface area contributed by atoms with Crippen LogP contribution in [0.2, 0.25) is 0 Å². The first-order valence-corrected chi connectivity index (χ1v) is 11.2. The lowest BCUT2D eigenvalue weighted by Gasteiger charge is -2.49. The summed E-state index contributed by atoms with van der Waals surface area (Å²) in [5, 5.41) is 25.2. The molecule has 0 unspecified atom stereocenters. The van der Waals surface area contributed by atoms with Gasteiger partial charge >= 0.3 is 0 Å². The highest BCUT2D eigenvalue weighted by molar-refractivity contribution is 5.92. The predicted molar refractivity (Wildman–Crippen MR) is 118 cm³/mol. The van der Waals surface area contributed by atoms with Crippen LogP contribution in [0.25, 0.3) is 0 Å². The molecule has 3 aliphatic carbocycles. The van der Waals surface area contributed by atoms with Gasteiger partial charge in [0.15, 0.2) is 0 Å². The van der Waals surface area contributed by atoms with Gasteiger partial charge in [0.1, 0.15) is 12.4 Å². The number of nitro groups is 1. The highest BCUT2D eigenvalue weighted by Gasteiger charge is 2.53. The molecule has 2 aromatic rings. The lowest BCUT2D eigenvalue weighted by molar-refractivity contribution is -0.384. The van der Waals surface area contributed by atoms with E-state index in [1.54, 1.807) is 12.1 Å². The maximum atomic E-state index is 10.8. The van der Waals surface area contributed by atoms with Crippen molar-refractivity contribution in [2.75, 3.05) is 0 Å². The maximum absolute atomic E-state index is 10.8. The Hall–Kier alpha value is -2.89. The van der Waals surface area contributed by atoms with Crippen molar-refractivity contribution < 1.29 is 14.9 Å². The van der Waals surface area contributed by atoms with Crippen molar-refractivity contribution >= 4 is 11.4 Å². The molecule has 0 radical (unpaired) electrons. The van der Waals surface area contributed by atoms with Crippen molar-refractivity contribution in [3.8, 4) is 5.75 Å². The van der Waals surface area contributed by atoms with Gasteiger partial charge in [0.2, 0.25) is 0 Å². The van der Waals surface area contributed by atoms with Crippen LogP contribution in [0.4, 0.5) is 5.69 Å². The number of nitrogens with zero attached hydrogens (tertiary/aromatic N) is 2. The number of nitro benzene ring substituents is 1. The molecule has 162 valence electrons.